The minimum absolute atomic E-state index is 0.263. The second-order valence-corrected chi connectivity index (χ2v) is 6.62. The SMILES string of the molecule is CC(=O)[C@@H](C(=O)c1ccccc1)[C@H]1c2ccccc2Oc2ccc(F)cc21. The molecule has 0 unspecified atom stereocenters. The van der Waals surface area contributed by atoms with Crippen molar-refractivity contribution in [3.05, 3.63) is 95.3 Å². The number of carbonyl (C=O) groups is 2. The molecule has 2 atom stereocenters. The van der Waals surface area contributed by atoms with Crippen LogP contribution in [0.1, 0.15) is 34.3 Å². The molecule has 0 radical (unpaired) electrons. The Morgan fingerprint density at radius 1 is 0.889 bits per heavy atom. The molecule has 0 saturated heterocycles. The molecular formula is C23H17FO3. The predicted octanol–water partition coefficient (Wildman–Crippen LogP) is 5.15. The molecule has 0 spiro atoms. The van der Waals surface area contributed by atoms with Gasteiger partial charge in [0.1, 0.15) is 23.1 Å². The first-order valence-electron chi connectivity index (χ1n) is 8.72. The number of ketones is 2. The molecule has 0 N–H and O–H groups in total. The first kappa shape index (κ1) is 17.2. The summed E-state index contributed by atoms with van der Waals surface area (Å²) in [6.45, 7) is 1.41. The Kier molecular flexibility index (Phi) is 4.32. The van der Waals surface area contributed by atoms with Gasteiger partial charge in [0.25, 0.3) is 0 Å². The molecule has 0 bridgehead atoms. The van der Waals surface area contributed by atoms with Crippen LogP contribution in [-0.4, -0.2) is 11.6 Å². The first-order chi connectivity index (χ1) is 13.1. The van der Waals surface area contributed by atoms with Crippen molar-refractivity contribution in [2.24, 2.45) is 5.92 Å². The summed E-state index contributed by atoms with van der Waals surface area (Å²) in [7, 11) is 0. The maximum atomic E-state index is 14.0. The molecule has 4 heteroatoms. The number of Topliss-reactive ketones (excluding diaryl/α,β-unsaturated/α-hetero) is 2. The summed E-state index contributed by atoms with van der Waals surface area (Å²) in [5.74, 6) is -1.50. The number of carbonyl (C=O) groups excluding carboxylic acids is 2. The molecule has 0 aromatic heterocycles. The number of hydrogen-bond donors (Lipinski definition) is 0. The summed E-state index contributed by atoms with van der Waals surface area (Å²) < 4.78 is 19.9. The Bertz CT molecular complexity index is 1030. The Labute approximate surface area is 156 Å². The molecular weight excluding hydrogens is 343 g/mol. The van der Waals surface area contributed by atoms with Crippen molar-refractivity contribution in [1.82, 2.24) is 0 Å². The van der Waals surface area contributed by atoms with E-state index in [4.69, 9.17) is 4.74 Å². The Morgan fingerprint density at radius 3 is 2.30 bits per heavy atom. The van der Waals surface area contributed by atoms with Crippen molar-refractivity contribution in [2.45, 2.75) is 12.8 Å². The minimum atomic E-state index is -0.960. The molecule has 0 aliphatic carbocycles. The Balaban J connectivity index is 1.91. The zero-order valence-electron chi connectivity index (χ0n) is 14.7. The number of halogens is 1. The Morgan fingerprint density at radius 2 is 1.56 bits per heavy atom. The van der Waals surface area contributed by atoms with Gasteiger partial charge in [0.15, 0.2) is 5.78 Å². The highest BCUT2D eigenvalue weighted by Gasteiger charge is 2.40. The second kappa shape index (κ2) is 6.80. The number of fused-ring (bicyclic) bond motifs is 2. The predicted molar refractivity (Wildman–Crippen MR) is 99.7 cm³/mol. The van der Waals surface area contributed by atoms with Crippen LogP contribution < -0.4 is 4.74 Å². The lowest BCUT2D eigenvalue weighted by atomic mass is 9.74. The molecule has 3 aromatic rings. The molecule has 3 aromatic carbocycles. The molecule has 0 saturated carbocycles. The van der Waals surface area contributed by atoms with Crippen LogP contribution in [0.15, 0.2) is 72.8 Å². The topological polar surface area (TPSA) is 43.4 Å². The van der Waals surface area contributed by atoms with Gasteiger partial charge in [-0.1, -0.05) is 48.5 Å². The summed E-state index contributed by atoms with van der Waals surface area (Å²) in [6.07, 6.45) is 0. The highest BCUT2D eigenvalue weighted by atomic mass is 19.1. The molecule has 134 valence electrons. The zero-order chi connectivity index (χ0) is 19.0. The lowest BCUT2D eigenvalue weighted by Gasteiger charge is -2.32. The number of para-hydroxylation sites is 1. The van der Waals surface area contributed by atoms with Gasteiger partial charge in [0.2, 0.25) is 0 Å². The van der Waals surface area contributed by atoms with E-state index in [0.29, 0.717) is 28.2 Å². The second-order valence-electron chi connectivity index (χ2n) is 6.62. The lowest BCUT2D eigenvalue weighted by Crippen LogP contribution is -2.31. The van der Waals surface area contributed by atoms with Gasteiger partial charge in [-0.25, -0.2) is 4.39 Å². The van der Waals surface area contributed by atoms with E-state index < -0.39 is 17.7 Å². The van der Waals surface area contributed by atoms with E-state index in [1.807, 2.05) is 24.3 Å². The third-order valence-corrected chi connectivity index (χ3v) is 4.89. The molecule has 0 fully saturated rings. The van der Waals surface area contributed by atoms with Gasteiger partial charge in [-0.3, -0.25) is 9.59 Å². The van der Waals surface area contributed by atoms with Crippen LogP contribution in [0.5, 0.6) is 11.5 Å². The van der Waals surface area contributed by atoms with E-state index in [1.54, 1.807) is 30.3 Å². The summed E-state index contributed by atoms with van der Waals surface area (Å²) in [5, 5.41) is 0. The van der Waals surface area contributed by atoms with E-state index in [0.717, 1.165) is 0 Å². The minimum Gasteiger partial charge on any atom is -0.457 e. The maximum Gasteiger partial charge on any atom is 0.174 e. The van der Waals surface area contributed by atoms with Crippen LogP contribution >= 0.6 is 0 Å². The monoisotopic (exact) mass is 360 g/mol. The molecule has 1 heterocycles. The van der Waals surface area contributed by atoms with Crippen molar-refractivity contribution in [3.63, 3.8) is 0 Å². The van der Waals surface area contributed by atoms with Gasteiger partial charge in [0, 0.05) is 22.6 Å². The quantitative estimate of drug-likeness (QED) is 0.477. The van der Waals surface area contributed by atoms with E-state index in [-0.39, 0.29) is 11.6 Å². The van der Waals surface area contributed by atoms with E-state index in [1.165, 1.54) is 25.1 Å². The first-order valence-corrected chi connectivity index (χ1v) is 8.72. The number of hydrogen-bond acceptors (Lipinski definition) is 3. The third-order valence-electron chi connectivity index (χ3n) is 4.89. The van der Waals surface area contributed by atoms with Crippen molar-refractivity contribution in [2.75, 3.05) is 0 Å². The van der Waals surface area contributed by atoms with Gasteiger partial charge in [-0.15, -0.1) is 0 Å². The van der Waals surface area contributed by atoms with Crippen LogP contribution in [0, 0.1) is 11.7 Å². The van der Waals surface area contributed by atoms with E-state index >= 15 is 0 Å². The fraction of sp³-hybridized carbons (Fsp3) is 0.130. The van der Waals surface area contributed by atoms with Gasteiger partial charge < -0.3 is 4.74 Å². The molecule has 4 rings (SSSR count). The highest BCUT2D eigenvalue weighted by molar-refractivity contribution is 6.11. The maximum absolute atomic E-state index is 14.0. The van der Waals surface area contributed by atoms with Crippen LogP contribution in [-0.2, 0) is 4.79 Å². The highest BCUT2D eigenvalue weighted by Crippen LogP contribution is 2.48. The Hall–Kier alpha value is -3.27. The molecule has 0 amide bonds. The van der Waals surface area contributed by atoms with Gasteiger partial charge >= 0.3 is 0 Å². The lowest BCUT2D eigenvalue weighted by molar-refractivity contribution is -0.119. The van der Waals surface area contributed by atoms with Crippen LogP contribution in [0.3, 0.4) is 0 Å². The summed E-state index contributed by atoms with van der Waals surface area (Å²) in [6, 6.07) is 20.2. The van der Waals surface area contributed by atoms with Gasteiger partial charge in [0.05, 0.1) is 5.92 Å². The van der Waals surface area contributed by atoms with Crippen molar-refractivity contribution >= 4 is 11.6 Å². The standard InChI is InChI=1S/C23H17FO3/c1-14(25)21(23(26)15-7-3-2-4-8-15)22-17-9-5-6-10-19(17)27-20-12-11-16(24)13-18(20)22/h2-13,21-22H,1H3/t21-,22+/m1/s1. The average molecular weight is 360 g/mol. The smallest absolute Gasteiger partial charge is 0.174 e. The van der Waals surface area contributed by atoms with Crippen LogP contribution in [0.2, 0.25) is 0 Å². The molecule has 1 aliphatic rings. The van der Waals surface area contributed by atoms with E-state index in [9.17, 15) is 14.0 Å². The largest absolute Gasteiger partial charge is 0.457 e. The summed E-state index contributed by atoms with van der Waals surface area (Å²) in [4.78, 5) is 25.8. The molecule has 27 heavy (non-hydrogen) atoms. The number of benzene rings is 3. The molecule has 1 aliphatic heterocycles. The van der Waals surface area contributed by atoms with E-state index in [2.05, 4.69) is 0 Å². The fourth-order valence-electron chi connectivity index (χ4n) is 3.68. The van der Waals surface area contributed by atoms with Crippen LogP contribution in [0.4, 0.5) is 4.39 Å². The van der Waals surface area contributed by atoms with Crippen molar-refractivity contribution in [3.8, 4) is 11.5 Å². The third kappa shape index (κ3) is 3.04. The normalized spacial score (nSPS) is 15.9. The summed E-state index contributed by atoms with van der Waals surface area (Å²) >= 11 is 0. The fourth-order valence-corrected chi connectivity index (χ4v) is 3.68. The zero-order valence-corrected chi connectivity index (χ0v) is 14.7. The number of ether oxygens (including phenoxy) is 1. The average Bonchev–Trinajstić information content (AvgIpc) is 2.68. The number of rotatable bonds is 4. The van der Waals surface area contributed by atoms with Crippen LogP contribution in [0.25, 0.3) is 0 Å². The van der Waals surface area contributed by atoms with Gasteiger partial charge in [-0.2, -0.15) is 0 Å². The molecule has 3 nitrogen and oxygen atoms in total. The van der Waals surface area contributed by atoms with Crippen molar-refractivity contribution < 1.29 is 18.7 Å². The summed E-state index contributed by atoms with van der Waals surface area (Å²) in [5.41, 5.74) is 1.68. The van der Waals surface area contributed by atoms with Gasteiger partial charge in [-0.05, 0) is 31.2 Å². The van der Waals surface area contributed by atoms with Crippen molar-refractivity contribution in [1.29, 1.82) is 0 Å².